The summed E-state index contributed by atoms with van der Waals surface area (Å²) < 4.78 is 14.9. The molecule has 0 saturated heterocycles. The molecule has 0 bridgehead atoms. The fourth-order valence-electron chi connectivity index (χ4n) is 2.73. The first-order valence-corrected chi connectivity index (χ1v) is 9.52. The predicted octanol–water partition coefficient (Wildman–Crippen LogP) is 3.36. The Morgan fingerprint density at radius 2 is 2.00 bits per heavy atom. The van der Waals surface area contributed by atoms with Gasteiger partial charge in [0.15, 0.2) is 11.0 Å². The molecular weight excluding hydrogens is 339 g/mol. The Balaban J connectivity index is 1.65. The van der Waals surface area contributed by atoms with E-state index in [1.165, 1.54) is 23.9 Å². The highest BCUT2D eigenvalue weighted by molar-refractivity contribution is 7.99. The molecule has 1 aromatic heterocycles. The lowest BCUT2D eigenvalue weighted by Gasteiger charge is -2.24. The molecule has 1 saturated carbocycles. The lowest BCUT2D eigenvalue weighted by molar-refractivity contribution is -0.129. The number of carbonyl (C=O) groups excluding carboxylic acids is 1. The first-order valence-electron chi connectivity index (χ1n) is 8.53. The highest BCUT2D eigenvalue weighted by Gasteiger charge is 2.32. The summed E-state index contributed by atoms with van der Waals surface area (Å²) in [7, 11) is 1.86. The number of carbonyl (C=O) groups is 1. The lowest BCUT2D eigenvalue weighted by Crippen LogP contribution is -2.37. The number of rotatable bonds is 7. The Kier molecular flexibility index (Phi) is 5.42. The minimum absolute atomic E-state index is 0.160. The monoisotopic (exact) mass is 362 g/mol. The highest BCUT2D eigenvalue weighted by atomic mass is 32.2. The van der Waals surface area contributed by atoms with E-state index in [1.807, 2.05) is 16.5 Å². The zero-order valence-corrected chi connectivity index (χ0v) is 15.6. The van der Waals surface area contributed by atoms with Crippen LogP contribution in [0.1, 0.15) is 26.7 Å². The van der Waals surface area contributed by atoms with E-state index < -0.39 is 0 Å². The van der Waals surface area contributed by atoms with Gasteiger partial charge in [0.05, 0.1) is 5.75 Å². The molecule has 0 aliphatic heterocycles. The SMILES string of the molecule is CC(C)CN(C(=O)CSc1nnc(-c2ccc(F)cc2)n1C)C1CC1. The van der Waals surface area contributed by atoms with Crippen LogP contribution in [-0.4, -0.2) is 43.9 Å². The van der Waals surface area contributed by atoms with Gasteiger partial charge in [-0.3, -0.25) is 4.79 Å². The number of hydrogen-bond acceptors (Lipinski definition) is 4. The molecule has 3 rings (SSSR count). The zero-order valence-electron chi connectivity index (χ0n) is 14.8. The Labute approximate surface area is 151 Å². The van der Waals surface area contributed by atoms with Crippen molar-refractivity contribution in [2.45, 2.75) is 37.9 Å². The number of hydrogen-bond donors (Lipinski definition) is 0. The van der Waals surface area contributed by atoms with Crippen LogP contribution in [0.4, 0.5) is 4.39 Å². The van der Waals surface area contributed by atoms with E-state index in [4.69, 9.17) is 0 Å². The Morgan fingerprint density at radius 3 is 2.60 bits per heavy atom. The van der Waals surface area contributed by atoms with Gasteiger partial charge in [-0.05, 0) is 43.0 Å². The van der Waals surface area contributed by atoms with Crippen LogP contribution >= 0.6 is 11.8 Å². The third-order valence-corrected chi connectivity index (χ3v) is 5.14. The maximum Gasteiger partial charge on any atom is 0.233 e. The van der Waals surface area contributed by atoms with Crippen molar-refractivity contribution >= 4 is 17.7 Å². The van der Waals surface area contributed by atoms with Gasteiger partial charge in [-0.1, -0.05) is 25.6 Å². The minimum atomic E-state index is -0.281. The van der Waals surface area contributed by atoms with Crippen LogP contribution in [0.2, 0.25) is 0 Å². The molecule has 0 spiro atoms. The molecule has 1 heterocycles. The molecule has 25 heavy (non-hydrogen) atoms. The van der Waals surface area contributed by atoms with Crippen LogP contribution in [0.5, 0.6) is 0 Å². The Morgan fingerprint density at radius 1 is 1.32 bits per heavy atom. The van der Waals surface area contributed by atoms with Crippen molar-refractivity contribution in [2.75, 3.05) is 12.3 Å². The highest BCUT2D eigenvalue weighted by Crippen LogP contribution is 2.29. The molecule has 1 amide bonds. The number of aromatic nitrogens is 3. The average molecular weight is 362 g/mol. The van der Waals surface area contributed by atoms with Gasteiger partial charge < -0.3 is 9.47 Å². The van der Waals surface area contributed by atoms with Crippen molar-refractivity contribution in [3.8, 4) is 11.4 Å². The first-order chi connectivity index (χ1) is 12.0. The number of halogens is 1. The van der Waals surface area contributed by atoms with Gasteiger partial charge in [0.2, 0.25) is 5.91 Å². The Hall–Kier alpha value is -1.89. The molecule has 0 radical (unpaired) electrons. The Bertz CT molecular complexity index is 740. The average Bonchev–Trinajstić information content (AvgIpc) is 3.35. The van der Waals surface area contributed by atoms with Gasteiger partial charge in [0.1, 0.15) is 5.82 Å². The van der Waals surface area contributed by atoms with Crippen LogP contribution in [0, 0.1) is 11.7 Å². The maximum absolute atomic E-state index is 13.1. The summed E-state index contributed by atoms with van der Waals surface area (Å²) in [4.78, 5) is 14.6. The largest absolute Gasteiger partial charge is 0.339 e. The van der Waals surface area contributed by atoms with E-state index in [0.717, 1.165) is 24.9 Å². The van der Waals surface area contributed by atoms with E-state index in [1.54, 1.807) is 12.1 Å². The van der Waals surface area contributed by atoms with Crippen LogP contribution in [0.25, 0.3) is 11.4 Å². The fourth-order valence-corrected chi connectivity index (χ4v) is 3.53. The molecule has 1 aliphatic rings. The first kappa shape index (κ1) is 17.9. The molecule has 5 nitrogen and oxygen atoms in total. The number of thioether (sulfide) groups is 1. The fraction of sp³-hybridized carbons (Fsp3) is 0.500. The third-order valence-electron chi connectivity index (χ3n) is 4.13. The van der Waals surface area contributed by atoms with E-state index in [9.17, 15) is 9.18 Å². The van der Waals surface area contributed by atoms with Crippen LogP contribution in [-0.2, 0) is 11.8 Å². The number of nitrogens with zero attached hydrogens (tertiary/aromatic N) is 4. The van der Waals surface area contributed by atoms with Crippen molar-refractivity contribution < 1.29 is 9.18 Å². The van der Waals surface area contributed by atoms with Gasteiger partial charge in [-0.15, -0.1) is 10.2 Å². The topological polar surface area (TPSA) is 51.0 Å². The summed E-state index contributed by atoms with van der Waals surface area (Å²) in [6.07, 6.45) is 2.23. The lowest BCUT2D eigenvalue weighted by atomic mass is 10.2. The van der Waals surface area contributed by atoms with E-state index in [0.29, 0.717) is 28.7 Å². The zero-order chi connectivity index (χ0) is 18.0. The summed E-state index contributed by atoms with van der Waals surface area (Å²) in [5, 5.41) is 9.05. The van der Waals surface area contributed by atoms with Crippen molar-refractivity contribution in [2.24, 2.45) is 13.0 Å². The smallest absolute Gasteiger partial charge is 0.233 e. The van der Waals surface area contributed by atoms with Crippen LogP contribution in [0.15, 0.2) is 29.4 Å². The second-order valence-electron chi connectivity index (χ2n) is 6.83. The molecule has 0 atom stereocenters. The molecule has 7 heteroatoms. The third kappa shape index (κ3) is 4.39. The van der Waals surface area contributed by atoms with Gasteiger partial charge >= 0.3 is 0 Å². The van der Waals surface area contributed by atoms with Crippen molar-refractivity contribution in [3.05, 3.63) is 30.1 Å². The van der Waals surface area contributed by atoms with Crippen LogP contribution < -0.4 is 0 Å². The molecule has 1 aromatic carbocycles. The summed E-state index contributed by atoms with van der Waals surface area (Å²) >= 11 is 1.40. The second kappa shape index (κ2) is 7.56. The van der Waals surface area contributed by atoms with Crippen molar-refractivity contribution in [1.29, 1.82) is 0 Å². The standard InChI is InChI=1S/C18H23FN4OS/c1-12(2)10-23(15-8-9-15)16(24)11-25-18-21-20-17(22(18)3)13-4-6-14(19)7-5-13/h4-7,12,15H,8-11H2,1-3H3. The molecule has 134 valence electrons. The number of amides is 1. The van der Waals surface area contributed by atoms with Crippen molar-refractivity contribution in [3.63, 3.8) is 0 Å². The van der Waals surface area contributed by atoms with E-state index in [-0.39, 0.29) is 11.7 Å². The van der Waals surface area contributed by atoms with Gasteiger partial charge in [-0.2, -0.15) is 0 Å². The molecule has 2 aromatic rings. The summed E-state index contributed by atoms with van der Waals surface area (Å²) in [5.74, 6) is 1.37. The minimum Gasteiger partial charge on any atom is -0.339 e. The van der Waals surface area contributed by atoms with E-state index >= 15 is 0 Å². The van der Waals surface area contributed by atoms with Crippen molar-refractivity contribution in [1.82, 2.24) is 19.7 Å². The summed E-state index contributed by atoms with van der Waals surface area (Å²) in [6, 6.07) is 6.58. The summed E-state index contributed by atoms with van der Waals surface area (Å²) in [5.41, 5.74) is 0.800. The van der Waals surface area contributed by atoms with Crippen LogP contribution in [0.3, 0.4) is 0 Å². The molecule has 0 unspecified atom stereocenters. The molecule has 0 N–H and O–H groups in total. The molecular formula is C18H23FN4OS. The second-order valence-corrected chi connectivity index (χ2v) is 7.77. The van der Waals surface area contributed by atoms with Gasteiger partial charge in [0.25, 0.3) is 0 Å². The quantitative estimate of drug-likeness (QED) is 0.709. The summed E-state index contributed by atoms with van der Waals surface area (Å²) in [6.45, 7) is 5.07. The van der Waals surface area contributed by atoms with E-state index in [2.05, 4.69) is 24.0 Å². The normalized spacial score (nSPS) is 14.1. The molecule has 1 aliphatic carbocycles. The van der Waals surface area contributed by atoms with Gasteiger partial charge in [0, 0.05) is 25.2 Å². The predicted molar refractivity (Wildman–Crippen MR) is 96.7 cm³/mol. The van der Waals surface area contributed by atoms with Gasteiger partial charge in [-0.25, -0.2) is 4.39 Å². The number of benzene rings is 1. The maximum atomic E-state index is 13.1. The molecule has 1 fully saturated rings.